The Hall–Kier alpha value is -2.44. The molecule has 0 unspecified atom stereocenters. The molecule has 103 valence electrons. The van der Waals surface area contributed by atoms with Gasteiger partial charge in [0, 0.05) is 5.69 Å². The highest BCUT2D eigenvalue weighted by molar-refractivity contribution is 6.04. The molecule has 0 bridgehead atoms. The van der Waals surface area contributed by atoms with Gasteiger partial charge in [-0.2, -0.15) is 0 Å². The molecule has 1 radical (unpaired) electrons. The van der Waals surface area contributed by atoms with E-state index in [9.17, 15) is 26.7 Å². The molecule has 0 heterocycles. The van der Waals surface area contributed by atoms with Gasteiger partial charge >= 0.3 is 0 Å². The number of benzene rings is 2. The normalized spacial score (nSPS) is 10.4. The zero-order valence-electron chi connectivity index (χ0n) is 9.61. The predicted molar refractivity (Wildman–Crippen MR) is 59.5 cm³/mol. The second-order valence-electron chi connectivity index (χ2n) is 3.69. The lowest BCUT2D eigenvalue weighted by atomic mass is 10.1. The number of hydrogen-bond acceptors (Lipinski definition) is 1. The standard InChI is InChI=1S/C13H5F5NO/c14-8-7(9(15)11(17)12(18)10(8)16)13(20)19-6-4-2-1-3-5-6/h1-2,4-5H,(H,19,20). The van der Waals surface area contributed by atoms with Crippen LogP contribution in [0.3, 0.4) is 0 Å². The van der Waals surface area contributed by atoms with Crippen molar-refractivity contribution in [3.8, 4) is 0 Å². The number of amides is 1. The summed E-state index contributed by atoms with van der Waals surface area (Å²) in [6, 6.07) is 8.16. The van der Waals surface area contributed by atoms with Gasteiger partial charge in [0.2, 0.25) is 5.82 Å². The first-order valence-corrected chi connectivity index (χ1v) is 5.22. The van der Waals surface area contributed by atoms with Gasteiger partial charge in [0.1, 0.15) is 5.56 Å². The summed E-state index contributed by atoms with van der Waals surface area (Å²) in [5, 5.41) is 2.01. The molecule has 2 aromatic carbocycles. The van der Waals surface area contributed by atoms with Gasteiger partial charge in [-0.15, -0.1) is 0 Å². The van der Waals surface area contributed by atoms with Crippen molar-refractivity contribution in [3.05, 3.63) is 65.0 Å². The van der Waals surface area contributed by atoms with E-state index in [-0.39, 0.29) is 5.69 Å². The SMILES string of the molecule is O=C(Nc1c[c]ccc1)c1c(F)c(F)c(F)c(F)c1F. The second kappa shape index (κ2) is 5.28. The van der Waals surface area contributed by atoms with Gasteiger partial charge in [-0.25, -0.2) is 22.0 Å². The van der Waals surface area contributed by atoms with Crippen LogP contribution in [0.2, 0.25) is 0 Å². The molecule has 0 aliphatic carbocycles. The molecule has 0 aliphatic rings. The van der Waals surface area contributed by atoms with Crippen LogP contribution in [0, 0.1) is 35.2 Å². The zero-order chi connectivity index (χ0) is 14.9. The van der Waals surface area contributed by atoms with Crippen molar-refractivity contribution in [1.29, 1.82) is 0 Å². The van der Waals surface area contributed by atoms with E-state index in [1.807, 2.05) is 5.32 Å². The minimum Gasteiger partial charge on any atom is -0.322 e. The van der Waals surface area contributed by atoms with Crippen molar-refractivity contribution in [1.82, 2.24) is 0 Å². The maximum Gasteiger partial charge on any atom is 0.261 e. The lowest BCUT2D eigenvalue weighted by molar-refractivity contribution is 0.101. The summed E-state index contributed by atoms with van der Waals surface area (Å²) >= 11 is 0. The third kappa shape index (κ3) is 2.34. The highest BCUT2D eigenvalue weighted by Crippen LogP contribution is 2.23. The Kier molecular flexibility index (Phi) is 3.69. The minimum absolute atomic E-state index is 0.0986. The Morgan fingerprint density at radius 3 is 2.00 bits per heavy atom. The maximum atomic E-state index is 13.4. The molecule has 0 aliphatic heterocycles. The molecule has 2 aromatic rings. The molecular weight excluding hydrogens is 281 g/mol. The van der Waals surface area contributed by atoms with Crippen molar-refractivity contribution in [3.63, 3.8) is 0 Å². The van der Waals surface area contributed by atoms with Crippen LogP contribution in [0.5, 0.6) is 0 Å². The topological polar surface area (TPSA) is 29.1 Å². The van der Waals surface area contributed by atoms with Crippen molar-refractivity contribution in [2.45, 2.75) is 0 Å². The summed E-state index contributed by atoms with van der Waals surface area (Å²) < 4.78 is 65.5. The van der Waals surface area contributed by atoms with Crippen LogP contribution in [0.15, 0.2) is 24.3 Å². The smallest absolute Gasteiger partial charge is 0.261 e. The maximum absolute atomic E-state index is 13.4. The van der Waals surface area contributed by atoms with Gasteiger partial charge in [-0.1, -0.05) is 12.1 Å². The monoisotopic (exact) mass is 286 g/mol. The highest BCUT2D eigenvalue weighted by atomic mass is 19.2. The Bertz CT molecular complexity index is 643. The first-order valence-electron chi connectivity index (χ1n) is 5.22. The number of nitrogens with one attached hydrogen (secondary N) is 1. The van der Waals surface area contributed by atoms with Gasteiger partial charge < -0.3 is 5.32 Å². The molecule has 0 saturated heterocycles. The summed E-state index contributed by atoms with van der Waals surface area (Å²) in [5.41, 5.74) is -1.44. The third-order valence-corrected chi connectivity index (χ3v) is 2.40. The van der Waals surface area contributed by atoms with Crippen LogP contribution in [0.25, 0.3) is 0 Å². The van der Waals surface area contributed by atoms with Crippen molar-refractivity contribution in [2.75, 3.05) is 5.32 Å². The van der Waals surface area contributed by atoms with Gasteiger partial charge in [-0.3, -0.25) is 4.79 Å². The van der Waals surface area contributed by atoms with Gasteiger partial charge in [0.25, 0.3) is 5.91 Å². The predicted octanol–water partition coefficient (Wildman–Crippen LogP) is 3.43. The fourth-order valence-electron chi connectivity index (χ4n) is 1.47. The molecule has 2 nitrogen and oxygen atoms in total. The van der Waals surface area contributed by atoms with Crippen LogP contribution in [0.1, 0.15) is 10.4 Å². The zero-order valence-corrected chi connectivity index (χ0v) is 9.61. The van der Waals surface area contributed by atoms with Gasteiger partial charge in [0.15, 0.2) is 23.3 Å². The fourth-order valence-corrected chi connectivity index (χ4v) is 1.47. The van der Waals surface area contributed by atoms with E-state index in [2.05, 4.69) is 6.07 Å². The number of hydrogen-bond donors (Lipinski definition) is 1. The Labute approximate surface area is 109 Å². The van der Waals surface area contributed by atoms with Crippen molar-refractivity contribution >= 4 is 11.6 Å². The molecular formula is C13H5F5NO. The molecule has 0 saturated carbocycles. The van der Waals surface area contributed by atoms with Crippen LogP contribution in [-0.2, 0) is 0 Å². The van der Waals surface area contributed by atoms with E-state index in [1.165, 1.54) is 24.3 Å². The molecule has 0 atom stereocenters. The first kappa shape index (κ1) is 14.0. The Morgan fingerprint density at radius 1 is 0.950 bits per heavy atom. The molecule has 20 heavy (non-hydrogen) atoms. The largest absolute Gasteiger partial charge is 0.322 e. The fraction of sp³-hybridized carbons (Fsp3) is 0. The number of anilines is 1. The molecule has 2 rings (SSSR count). The molecule has 0 fully saturated rings. The molecule has 7 heteroatoms. The summed E-state index contributed by atoms with van der Waals surface area (Å²) in [6.45, 7) is 0. The minimum atomic E-state index is -2.32. The van der Waals surface area contributed by atoms with E-state index in [0.29, 0.717) is 0 Å². The summed E-state index contributed by atoms with van der Waals surface area (Å²) in [5.74, 6) is -12.5. The molecule has 1 amide bonds. The van der Waals surface area contributed by atoms with E-state index in [4.69, 9.17) is 0 Å². The van der Waals surface area contributed by atoms with Gasteiger partial charge in [0.05, 0.1) is 0 Å². The highest BCUT2D eigenvalue weighted by Gasteiger charge is 2.29. The first-order chi connectivity index (χ1) is 9.43. The Morgan fingerprint density at radius 2 is 1.50 bits per heavy atom. The summed E-state index contributed by atoms with van der Waals surface area (Å²) in [6.07, 6.45) is 0. The number of carbonyl (C=O) groups excluding carboxylic acids is 1. The number of rotatable bonds is 2. The van der Waals surface area contributed by atoms with Crippen molar-refractivity contribution in [2.24, 2.45) is 0 Å². The van der Waals surface area contributed by atoms with E-state index in [1.54, 1.807) is 0 Å². The average molecular weight is 286 g/mol. The molecule has 0 aromatic heterocycles. The van der Waals surface area contributed by atoms with E-state index >= 15 is 0 Å². The third-order valence-electron chi connectivity index (χ3n) is 2.40. The molecule has 1 N–H and O–H groups in total. The van der Waals surface area contributed by atoms with Crippen LogP contribution in [-0.4, -0.2) is 5.91 Å². The molecule has 0 spiro atoms. The average Bonchev–Trinajstić information content (AvgIpc) is 2.44. The Balaban J connectivity index is 2.45. The summed E-state index contributed by atoms with van der Waals surface area (Å²) in [7, 11) is 0. The van der Waals surface area contributed by atoms with Crippen molar-refractivity contribution < 1.29 is 26.7 Å². The quantitative estimate of drug-likeness (QED) is 0.511. The number of halogens is 5. The van der Waals surface area contributed by atoms with Crippen LogP contribution in [0.4, 0.5) is 27.6 Å². The van der Waals surface area contributed by atoms with E-state index in [0.717, 1.165) is 0 Å². The lowest BCUT2D eigenvalue weighted by Gasteiger charge is -2.08. The van der Waals surface area contributed by atoms with Crippen LogP contribution < -0.4 is 5.32 Å². The van der Waals surface area contributed by atoms with Gasteiger partial charge in [-0.05, 0) is 18.2 Å². The number of carbonyl (C=O) groups is 1. The summed E-state index contributed by atoms with van der Waals surface area (Å²) in [4.78, 5) is 11.6. The lowest BCUT2D eigenvalue weighted by Crippen LogP contribution is -2.19. The van der Waals surface area contributed by atoms with E-state index < -0.39 is 40.6 Å². The second-order valence-corrected chi connectivity index (χ2v) is 3.69. The van der Waals surface area contributed by atoms with Crippen LogP contribution >= 0.6 is 0 Å².